The highest BCUT2D eigenvalue weighted by molar-refractivity contribution is 6.99. The molecule has 0 saturated heterocycles. The first-order valence-electron chi connectivity index (χ1n) is 5.12. The first kappa shape index (κ1) is 10.1. The molecular weight excluding hydrogens is 242 g/mol. The van der Waals surface area contributed by atoms with Crippen molar-refractivity contribution in [2.24, 2.45) is 0 Å². The monoisotopic (exact) mass is 251 g/mol. The van der Waals surface area contributed by atoms with Gasteiger partial charge >= 0.3 is 0 Å². The Morgan fingerprint density at radius 3 is 2.94 bits per heavy atom. The highest BCUT2D eigenvalue weighted by atomic mass is 35.5. The van der Waals surface area contributed by atoms with Crippen LogP contribution in [-0.4, -0.2) is 14.8 Å². The molecule has 1 aliphatic heterocycles. The number of hydrogen-bond donors (Lipinski definition) is 0. The molecule has 5 heteroatoms. The lowest BCUT2D eigenvalue weighted by Crippen LogP contribution is -2.24. The Bertz CT molecular complexity index is 525. The SMILES string of the molecule is CC1Cc2ccccc2N1c1nsnc1Cl. The number of rotatable bonds is 1. The van der Waals surface area contributed by atoms with Gasteiger partial charge in [0.15, 0.2) is 11.0 Å². The van der Waals surface area contributed by atoms with Crippen molar-refractivity contribution < 1.29 is 0 Å². The van der Waals surface area contributed by atoms with E-state index >= 15 is 0 Å². The van der Waals surface area contributed by atoms with Gasteiger partial charge in [0, 0.05) is 11.7 Å². The summed E-state index contributed by atoms with van der Waals surface area (Å²) >= 11 is 7.20. The van der Waals surface area contributed by atoms with Gasteiger partial charge in [-0.2, -0.15) is 8.75 Å². The minimum Gasteiger partial charge on any atom is -0.320 e. The van der Waals surface area contributed by atoms with Gasteiger partial charge < -0.3 is 4.90 Å². The Morgan fingerprint density at radius 2 is 2.19 bits per heavy atom. The van der Waals surface area contributed by atoms with Crippen LogP contribution in [0.15, 0.2) is 24.3 Å². The molecule has 82 valence electrons. The van der Waals surface area contributed by atoms with E-state index in [0.29, 0.717) is 11.2 Å². The summed E-state index contributed by atoms with van der Waals surface area (Å²) in [6, 6.07) is 8.75. The molecule has 1 unspecified atom stereocenters. The van der Waals surface area contributed by atoms with Crippen molar-refractivity contribution in [2.45, 2.75) is 19.4 Å². The Morgan fingerprint density at radius 1 is 1.38 bits per heavy atom. The average molecular weight is 252 g/mol. The number of benzene rings is 1. The van der Waals surface area contributed by atoms with E-state index < -0.39 is 0 Å². The maximum Gasteiger partial charge on any atom is 0.187 e. The largest absolute Gasteiger partial charge is 0.320 e. The van der Waals surface area contributed by atoms with E-state index in [0.717, 1.165) is 24.0 Å². The van der Waals surface area contributed by atoms with Crippen LogP contribution in [0, 0.1) is 0 Å². The van der Waals surface area contributed by atoms with Crippen LogP contribution in [0.2, 0.25) is 5.15 Å². The maximum absolute atomic E-state index is 6.05. The summed E-state index contributed by atoms with van der Waals surface area (Å²) in [5.74, 6) is 0.782. The van der Waals surface area contributed by atoms with Crippen LogP contribution in [0.5, 0.6) is 0 Å². The van der Waals surface area contributed by atoms with Crippen LogP contribution in [0.4, 0.5) is 11.5 Å². The van der Waals surface area contributed by atoms with Crippen molar-refractivity contribution in [1.29, 1.82) is 0 Å². The van der Waals surface area contributed by atoms with Crippen LogP contribution in [0.25, 0.3) is 0 Å². The van der Waals surface area contributed by atoms with Crippen LogP contribution >= 0.6 is 23.3 Å². The maximum atomic E-state index is 6.05. The van der Waals surface area contributed by atoms with Gasteiger partial charge in [-0.15, -0.1) is 0 Å². The summed E-state index contributed by atoms with van der Waals surface area (Å²) in [5, 5.41) is 0.494. The van der Waals surface area contributed by atoms with Crippen molar-refractivity contribution >= 4 is 34.8 Å². The fraction of sp³-hybridized carbons (Fsp3) is 0.273. The van der Waals surface area contributed by atoms with E-state index in [9.17, 15) is 0 Å². The third-order valence-corrected chi connectivity index (χ3v) is 3.74. The summed E-state index contributed by atoms with van der Waals surface area (Å²) in [4.78, 5) is 2.17. The van der Waals surface area contributed by atoms with Gasteiger partial charge in [0.25, 0.3) is 0 Å². The topological polar surface area (TPSA) is 29.0 Å². The number of halogens is 1. The van der Waals surface area contributed by atoms with E-state index in [4.69, 9.17) is 11.6 Å². The zero-order chi connectivity index (χ0) is 11.1. The number of fused-ring (bicyclic) bond motifs is 1. The number of nitrogens with zero attached hydrogens (tertiary/aromatic N) is 3. The van der Waals surface area contributed by atoms with Crippen molar-refractivity contribution in [1.82, 2.24) is 8.75 Å². The molecular formula is C11H10ClN3S. The zero-order valence-electron chi connectivity index (χ0n) is 8.72. The summed E-state index contributed by atoms with van der Waals surface area (Å²) in [6.07, 6.45) is 1.03. The second-order valence-corrected chi connectivity index (χ2v) is 4.82. The van der Waals surface area contributed by atoms with E-state index in [2.05, 4.69) is 38.8 Å². The quantitative estimate of drug-likeness (QED) is 0.779. The van der Waals surface area contributed by atoms with Crippen molar-refractivity contribution in [3.63, 3.8) is 0 Å². The number of hydrogen-bond acceptors (Lipinski definition) is 4. The fourth-order valence-corrected chi connectivity index (χ4v) is 2.93. The molecule has 16 heavy (non-hydrogen) atoms. The minimum absolute atomic E-state index is 0.388. The van der Waals surface area contributed by atoms with Crippen LogP contribution in [-0.2, 0) is 6.42 Å². The molecule has 3 nitrogen and oxygen atoms in total. The van der Waals surface area contributed by atoms with Crippen molar-refractivity contribution in [3.05, 3.63) is 35.0 Å². The van der Waals surface area contributed by atoms with E-state index in [1.165, 1.54) is 11.3 Å². The van der Waals surface area contributed by atoms with Gasteiger partial charge in [0.2, 0.25) is 0 Å². The molecule has 0 amide bonds. The second-order valence-electron chi connectivity index (χ2n) is 3.93. The van der Waals surface area contributed by atoms with E-state index in [1.54, 1.807) is 0 Å². The average Bonchev–Trinajstić information content (AvgIpc) is 2.81. The van der Waals surface area contributed by atoms with Gasteiger partial charge in [-0.25, -0.2) is 0 Å². The highest BCUT2D eigenvalue weighted by Gasteiger charge is 2.29. The normalized spacial score (nSPS) is 18.9. The third-order valence-electron chi connectivity index (χ3n) is 2.87. The summed E-state index contributed by atoms with van der Waals surface area (Å²) in [7, 11) is 0. The van der Waals surface area contributed by atoms with Crippen molar-refractivity contribution in [3.8, 4) is 0 Å². The van der Waals surface area contributed by atoms with E-state index in [-0.39, 0.29) is 0 Å². The zero-order valence-corrected chi connectivity index (χ0v) is 10.3. The molecule has 2 aromatic rings. The predicted octanol–water partition coefficient (Wildman–Crippen LogP) is 3.27. The molecule has 0 bridgehead atoms. The molecule has 1 aromatic heterocycles. The molecule has 1 atom stereocenters. The smallest absolute Gasteiger partial charge is 0.187 e. The molecule has 3 rings (SSSR count). The van der Waals surface area contributed by atoms with Gasteiger partial charge in [0.1, 0.15) is 0 Å². The Hall–Kier alpha value is -1.13. The lowest BCUT2D eigenvalue weighted by atomic mass is 10.1. The first-order chi connectivity index (χ1) is 7.77. The molecule has 0 fully saturated rings. The molecule has 0 saturated carbocycles. The molecule has 0 spiro atoms. The van der Waals surface area contributed by atoms with E-state index in [1.807, 2.05) is 6.07 Å². The second kappa shape index (κ2) is 3.71. The summed E-state index contributed by atoms with van der Waals surface area (Å²) in [6.45, 7) is 2.18. The number of para-hydroxylation sites is 1. The first-order valence-corrected chi connectivity index (χ1v) is 6.23. The standard InChI is InChI=1S/C11H10ClN3S/c1-7-6-8-4-2-3-5-9(8)15(7)11-10(12)13-16-14-11/h2-5,7H,6H2,1H3. The predicted molar refractivity (Wildman–Crippen MR) is 66.7 cm³/mol. The Balaban J connectivity index is 2.12. The van der Waals surface area contributed by atoms with Gasteiger partial charge in [-0.05, 0) is 25.0 Å². The minimum atomic E-state index is 0.388. The molecule has 0 aliphatic carbocycles. The number of aromatic nitrogens is 2. The van der Waals surface area contributed by atoms with Gasteiger partial charge in [0.05, 0.1) is 11.7 Å². The lowest BCUT2D eigenvalue weighted by molar-refractivity contribution is 0.753. The summed E-state index contributed by atoms with van der Waals surface area (Å²) < 4.78 is 8.29. The van der Waals surface area contributed by atoms with Crippen LogP contribution in [0.1, 0.15) is 12.5 Å². The molecule has 1 aliphatic rings. The van der Waals surface area contributed by atoms with Crippen LogP contribution < -0.4 is 4.90 Å². The van der Waals surface area contributed by atoms with Crippen LogP contribution in [0.3, 0.4) is 0 Å². The lowest BCUT2D eigenvalue weighted by Gasteiger charge is -2.21. The Kier molecular flexibility index (Phi) is 2.33. The summed E-state index contributed by atoms with van der Waals surface area (Å²) in [5.41, 5.74) is 2.55. The highest BCUT2D eigenvalue weighted by Crippen LogP contribution is 2.39. The molecule has 0 radical (unpaired) electrons. The molecule has 2 heterocycles. The molecule has 1 aromatic carbocycles. The number of anilines is 2. The molecule has 0 N–H and O–H groups in total. The third kappa shape index (κ3) is 1.41. The van der Waals surface area contributed by atoms with Crippen molar-refractivity contribution in [2.75, 3.05) is 4.90 Å². The Labute approximate surface area is 103 Å². The van der Waals surface area contributed by atoms with Gasteiger partial charge in [-0.1, -0.05) is 29.8 Å². The fourth-order valence-electron chi connectivity index (χ4n) is 2.21. The van der Waals surface area contributed by atoms with Gasteiger partial charge in [-0.3, -0.25) is 0 Å².